The third-order valence-electron chi connectivity index (χ3n) is 2.59. The molecule has 0 fully saturated rings. The minimum Gasteiger partial charge on any atom is -0.312 e. The van der Waals surface area contributed by atoms with Gasteiger partial charge in [0.05, 0.1) is 0 Å². The first kappa shape index (κ1) is 8.32. The van der Waals surface area contributed by atoms with Crippen LogP contribution in [0.1, 0.15) is 16.3 Å². The molecule has 1 aliphatic heterocycles. The van der Waals surface area contributed by atoms with Gasteiger partial charge >= 0.3 is 0 Å². The average Bonchev–Trinajstić information content (AvgIpc) is 2.54. The van der Waals surface area contributed by atoms with E-state index in [0.29, 0.717) is 0 Å². The van der Waals surface area contributed by atoms with Crippen LogP contribution in [0.25, 0.3) is 10.2 Å². The summed E-state index contributed by atoms with van der Waals surface area (Å²) in [5.74, 6) is 0.865. The lowest BCUT2D eigenvalue weighted by atomic mass is 10.1. The molecule has 2 aromatic rings. The minimum atomic E-state index is 0.865. The van der Waals surface area contributed by atoms with E-state index in [1.54, 1.807) is 11.3 Å². The first-order chi connectivity index (χ1) is 6.84. The fraction of sp³-hybridized carbons (Fsp3) is 0.400. The molecule has 0 aliphatic carbocycles. The molecule has 72 valence electrons. The van der Waals surface area contributed by atoms with E-state index in [0.717, 1.165) is 30.2 Å². The van der Waals surface area contributed by atoms with E-state index in [1.807, 2.05) is 13.1 Å². The van der Waals surface area contributed by atoms with Crippen LogP contribution in [-0.2, 0) is 13.0 Å². The number of nitrogens with zero attached hydrogens (tertiary/aromatic N) is 2. The molecule has 1 N–H and O–H groups in total. The first-order valence-corrected chi connectivity index (χ1v) is 5.61. The van der Waals surface area contributed by atoms with E-state index in [1.165, 1.54) is 15.8 Å². The Morgan fingerprint density at radius 3 is 3.36 bits per heavy atom. The van der Waals surface area contributed by atoms with Crippen LogP contribution in [0.15, 0.2) is 6.20 Å². The van der Waals surface area contributed by atoms with Crippen molar-refractivity contribution in [1.29, 1.82) is 0 Å². The summed E-state index contributed by atoms with van der Waals surface area (Å²) in [6, 6.07) is 0. The van der Waals surface area contributed by atoms with E-state index < -0.39 is 0 Å². The van der Waals surface area contributed by atoms with Gasteiger partial charge in [-0.25, -0.2) is 9.97 Å². The highest BCUT2D eigenvalue weighted by atomic mass is 32.1. The molecule has 14 heavy (non-hydrogen) atoms. The summed E-state index contributed by atoms with van der Waals surface area (Å²) < 4.78 is 0. The fourth-order valence-corrected chi connectivity index (χ4v) is 3.10. The number of thiophene rings is 1. The Labute approximate surface area is 86.2 Å². The number of hydrogen-bond acceptors (Lipinski definition) is 4. The zero-order valence-electron chi connectivity index (χ0n) is 8.00. The molecular formula is C10H11N3S. The number of aromatic nitrogens is 2. The summed E-state index contributed by atoms with van der Waals surface area (Å²) in [7, 11) is 0. The molecule has 0 unspecified atom stereocenters. The molecule has 3 heterocycles. The Morgan fingerprint density at radius 2 is 2.43 bits per heavy atom. The molecule has 3 rings (SSSR count). The third-order valence-corrected chi connectivity index (χ3v) is 3.73. The quantitative estimate of drug-likeness (QED) is 0.710. The molecule has 0 atom stereocenters. The molecule has 0 radical (unpaired) electrons. The Hall–Kier alpha value is -1.00. The topological polar surface area (TPSA) is 37.8 Å². The lowest BCUT2D eigenvalue weighted by Gasteiger charge is -2.11. The molecule has 0 saturated heterocycles. The first-order valence-electron chi connectivity index (χ1n) is 4.79. The zero-order chi connectivity index (χ0) is 9.54. The van der Waals surface area contributed by atoms with Crippen molar-refractivity contribution in [3.05, 3.63) is 22.5 Å². The van der Waals surface area contributed by atoms with E-state index in [4.69, 9.17) is 0 Å². The molecule has 0 amide bonds. The Morgan fingerprint density at radius 1 is 1.50 bits per heavy atom. The SMILES string of the molecule is Cc1ncc2c3c(sc2n1)CNCC3. The van der Waals surface area contributed by atoms with Crippen molar-refractivity contribution in [2.24, 2.45) is 0 Å². The van der Waals surface area contributed by atoms with Crippen LogP contribution in [0.3, 0.4) is 0 Å². The Kier molecular flexibility index (Phi) is 1.78. The zero-order valence-corrected chi connectivity index (χ0v) is 8.82. The van der Waals surface area contributed by atoms with Crippen LogP contribution in [-0.4, -0.2) is 16.5 Å². The lowest BCUT2D eigenvalue weighted by Crippen LogP contribution is -2.21. The molecule has 0 bridgehead atoms. The van der Waals surface area contributed by atoms with Crippen molar-refractivity contribution >= 4 is 21.6 Å². The van der Waals surface area contributed by atoms with Crippen LogP contribution in [0, 0.1) is 6.92 Å². The van der Waals surface area contributed by atoms with Gasteiger partial charge in [-0.1, -0.05) is 0 Å². The van der Waals surface area contributed by atoms with E-state index in [2.05, 4.69) is 15.3 Å². The van der Waals surface area contributed by atoms with Gasteiger partial charge in [0.2, 0.25) is 0 Å². The van der Waals surface area contributed by atoms with Gasteiger partial charge in [0.1, 0.15) is 10.7 Å². The number of hydrogen-bond donors (Lipinski definition) is 1. The highest BCUT2D eigenvalue weighted by molar-refractivity contribution is 7.18. The molecule has 2 aromatic heterocycles. The van der Waals surface area contributed by atoms with E-state index in [-0.39, 0.29) is 0 Å². The van der Waals surface area contributed by atoms with E-state index >= 15 is 0 Å². The maximum absolute atomic E-state index is 4.46. The molecule has 4 heteroatoms. The van der Waals surface area contributed by atoms with Crippen molar-refractivity contribution in [2.45, 2.75) is 19.9 Å². The standard InChI is InChI=1S/C10H11N3S/c1-6-12-4-8-7-2-3-11-5-9(7)14-10(8)13-6/h4,11H,2-3,5H2,1H3. The van der Waals surface area contributed by atoms with Crippen molar-refractivity contribution in [3.63, 3.8) is 0 Å². The second-order valence-corrected chi connectivity index (χ2v) is 4.65. The van der Waals surface area contributed by atoms with Crippen LogP contribution in [0.4, 0.5) is 0 Å². The van der Waals surface area contributed by atoms with Gasteiger partial charge < -0.3 is 5.32 Å². The molecular weight excluding hydrogens is 194 g/mol. The van der Waals surface area contributed by atoms with Crippen molar-refractivity contribution in [2.75, 3.05) is 6.54 Å². The Balaban J connectivity index is 2.31. The largest absolute Gasteiger partial charge is 0.312 e. The highest BCUT2D eigenvalue weighted by Crippen LogP contribution is 2.31. The van der Waals surface area contributed by atoms with Crippen molar-refractivity contribution < 1.29 is 0 Å². The van der Waals surface area contributed by atoms with Crippen LogP contribution in [0.2, 0.25) is 0 Å². The monoisotopic (exact) mass is 205 g/mol. The molecule has 0 aromatic carbocycles. The fourth-order valence-electron chi connectivity index (χ4n) is 1.89. The molecule has 3 nitrogen and oxygen atoms in total. The second kappa shape index (κ2) is 3.00. The number of nitrogens with one attached hydrogen (secondary N) is 1. The normalized spacial score (nSPS) is 15.8. The van der Waals surface area contributed by atoms with E-state index in [9.17, 15) is 0 Å². The van der Waals surface area contributed by atoms with Crippen LogP contribution < -0.4 is 5.32 Å². The summed E-state index contributed by atoms with van der Waals surface area (Å²) in [4.78, 5) is 11.3. The number of fused-ring (bicyclic) bond motifs is 3. The summed E-state index contributed by atoms with van der Waals surface area (Å²) in [5.41, 5.74) is 1.46. The average molecular weight is 205 g/mol. The van der Waals surface area contributed by atoms with Gasteiger partial charge in [0.25, 0.3) is 0 Å². The van der Waals surface area contributed by atoms with Gasteiger partial charge in [-0.2, -0.15) is 0 Å². The summed E-state index contributed by atoms with van der Waals surface area (Å²) in [6.45, 7) is 4.01. The maximum Gasteiger partial charge on any atom is 0.127 e. The number of aryl methyl sites for hydroxylation is 1. The van der Waals surface area contributed by atoms with Gasteiger partial charge in [0, 0.05) is 23.0 Å². The number of rotatable bonds is 0. The highest BCUT2D eigenvalue weighted by Gasteiger charge is 2.16. The maximum atomic E-state index is 4.46. The minimum absolute atomic E-state index is 0.865. The predicted octanol–water partition coefficient (Wildman–Crippen LogP) is 1.65. The van der Waals surface area contributed by atoms with Crippen LogP contribution in [0.5, 0.6) is 0 Å². The Bertz CT molecular complexity index is 489. The van der Waals surface area contributed by atoms with Crippen LogP contribution >= 0.6 is 11.3 Å². The molecule has 0 spiro atoms. The van der Waals surface area contributed by atoms with Gasteiger partial charge in [-0.3, -0.25) is 0 Å². The smallest absolute Gasteiger partial charge is 0.127 e. The predicted molar refractivity (Wildman–Crippen MR) is 57.6 cm³/mol. The van der Waals surface area contributed by atoms with Gasteiger partial charge in [-0.15, -0.1) is 11.3 Å². The van der Waals surface area contributed by atoms with Gasteiger partial charge in [0.15, 0.2) is 0 Å². The summed E-state index contributed by atoms with van der Waals surface area (Å²) in [6.07, 6.45) is 3.08. The molecule has 0 saturated carbocycles. The third kappa shape index (κ3) is 1.14. The summed E-state index contributed by atoms with van der Waals surface area (Å²) >= 11 is 1.80. The van der Waals surface area contributed by atoms with Crippen molar-refractivity contribution in [3.8, 4) is 0 Å². The van der Waals surface area contributed by atoms with Gasteiger partial charge in [-0.05, 0) is 25.5 Å². The van der Waals surface area contributed by atoms with Crippen molar-refractivity contribution in [1.82, 2.24) is 15.3 Å². The lowest BCUT2D eigenvalue weighted by molar-refractivity contribution is 0.657. The summed E-state index contributed by atoms with van der Waals surface area (Å²) in [5, 5.41) is 4.64. The molecule has 1 aliphatic rings. The second-order valence-electron chi connectivity index (χ2n) is 3.57.